The molecule has 0 unspecified atom stereocenters. The summed E-state index contributed by atoms with van der Waals surface area (Å²) in [5, 5.41) is 4.53. The van der Waals surface area contributed by atoms with Crippen LogP contribution in [0.5, 0.6) is 0 Å². The average molecular weight is 290 g/mol. The highest BCUT2D eigenvalue weighted by Gasteiger charge is 2.05. The van der Waals surface area contributed by atoms with E-state index < -0.39 is 0 Å². The van der Waals surface area contributed by atoms with Gasteiger partial charge in [-0.1, -0.05) is 61.5 Å². The third-order valence-corrected chi connectivity index (χ3v) is 3.62. The molecule has 2 aromatic rings. The van der Waals surface area contributed by atoms with Crippen molar-refractivity contribution in [1.82, 2.24) is 0 Å². The Kier molecular flexibility index (Phi) is 4.19. The summed E-state index contributed by atoms with van der Waals surface area (Å²) in [5.74, 6) is 0.394. The van der Waals surface area contributed by atoms with Crippen LogP contribution in [0.1, 0.15) is 19.8 Å². The molecule has 110 valence electrons. The largest absolute Gasteiger partial charge is 0.427 e. The van der Waals surface area contributed by atoms with Gasteiger partial charge in [0.25, 0.3) is 0 Å². The van der Waals surface area contributed by atoms with Gasteiger partial charge in [0.2, 0.25) is 0 Å². The predicted molar refractivity (Wildman–Crippen MR) is 90.4 cm³/mol. The summed E-state index contributed by atoms with van der Waals surface area (Å²) in [7, 11) is 0. The topological polar surface area (TPSA) is 26.3 Å². The van der Waals surface area contributed by atoms with Crippen molar-refractivity contribution >= 4 is 28.9 Å². The first kappa shape index (κ1) is 14.3. The molecule has 2 nitrogen and oxygen atoms in total. The SMILES string of the molecule is CCCC(=O)OC1=C/C=C\C=c2\ccc3ccccc3\c2=C\1. The lowest BCUT2D eigenvalue weighted by molar-refractivity contribution is -0.138. The smallest absolute Gasteiger partial charge is 0.311 e. The van der Waals surface area contributed by atoms with Crippen molar-refractivity contribution in [2.75, 3.05) is 0 Å². The minimum Gasteiger partial charge on any atom is -0.427 e. The molecule has 0 bridgehead atoms. The lowest BCUT2D eigenvalue weighted by Crippen LogP contribution is -2.26. The molecular weight excluding hydrogens is 272 g/mol. The lowest BCUT2D eigenvalue weighted by Gasteiger charge is -2.06. The van der Waals surface area contributed by atoms with Gasteiger partial charge in [0.1, 0.15) is 5.76 Å². The molecule has 0 amide bonds. The normalized spacial score (nSPS) is 20.1. The van der Waals surface area contributed by atoms with E-state index in [4.69, 9.17) is 4.74 Å². The van der Waals surface area contributed by atoms with Crippen LogP contribution in [0, 0.1) is 0 Å². The van der Waals surface area contributed by atoms with E-state index >= 15 is 0 Å². The molecule has 0 N–H and O–H groups in total. The third kappa shape index (κ3) is 3.01. The molecule has 0 spiro atoms. The number of hydrogen-bond acceptors (Lipinski definition) is 2. The molecule has 2 aromatic carbocycles. The van der Waals surface area contributed by atoms with Gasteiger partial charge in [-0.3, -0.25) is 4.79 Å². The van der Waals surface area contributed by atoms with E-state index in [2.05, 4.69) is 30.3 Å². The number of allylic oxidation sites excluding steroid dienone is 4. The second-order valence-electron chi connectivity index (χ2n) is 5.28. The lowest BCUT2D eigenvalue weighted by atomic mass is 10.0. The molecule has 2 heteroatoms. The van der Waals surface area contributed by atoms with Crippen molar-refractivity contribution < 1.29 is 9.53 Å². The molecule has 0 radical (unpaired) electrons. The van der Waals surface area contributed by atoms with E-state index in [0.29, 0.717) is 12.2 Å². The molecular formula is C20H18O2. The van der Waals surface area contributed by atoms with Crippen molar-refractivity contribution in [2.45, 2.75) is 19.8 Å². The summed E-state index contributed by atoms with van der Waals surface area (Å²) in [4.78, 5) is 11.8. The first-order valence-corrected chi connectivity index (χ1v) is 7.57. The fourth-order valence-corrected chi connectivity index (χ4v) is 2.57. The van der Waals surface area contributed by atoms with Crippen molar-refractivity contribution in [3.8, 4) is 0 Å². The Hall–Kier alpha value is -2.61. The monoisotopic (exact) mass is 290 g/mol. The number of carbonyl (C=O) groups excluding carboxylic acids is 1. The molecule has 3 rings (SSSR count). The number of carbonyl (C=O) groups is 1. The molecule has 1 aliphatic rings. The highest BCUT2D eigenvalue weighted by atomic mass is 16.5. The van der Waals surface area contributed by atoms with E-state index in [0.717, 1.165) is 22.2 Å². The molecule has 0 heterocycles. The van der Waals surface area contributed by atoms with Crippen LogP contribution in [0.4, 0.5) is 0 Å². The molecule has 0 saturated carbocycles. The van der Waals surface area contributed by atoms with Gasteiger partial charge in [0, 0.05) is 6.42 Å². The van der Waals surface area contributed by atoms with Crippen LogP contribution in [0.3, 0.4) is 0 Å². The number of rotatable bonds is 3. The van der Waals surface area contributed by atoms with Gasteiger partial charge in [0.05, 0.1) is 0 Å². The number of esters is 1. The number of benzene rings is 2. The molecule has 0 aliphatic heterocycles. The standard InChI is InChI=1S/C20H18O2/c1-2-7-20(21)22-17-10-5-3-9-16-13-12-15-8-4-6-11-18(15)19(16)14-17/h3-6,8-14H,2,7H2,1H3/b5-3-,9-3?,10-5?,16-9-,17-10+,17-14?,19-14+. The van der Waals surface area contributed by atoms with Crippen LogP contribution in [0.25, 0.3) is 22.9 Å². The second-order valence-corrected chi connectivity index (χ2v) is 5.28. The Balaban J connectivity index is 2.16. The van der Waals surface area contributed by atoms with E-state index in [9.17, 15) is 4.79 Å². The van der Waals surface area contributed by atoms with Crippen LogP contribution in [-0.2, 0) is 9.53 Å². The average Bonchev–Trinajstić information content (AvgIpc) is 2.50. The van der Waals surface area contributed by atoms with Crippen molar-refractivity contribution in [3.05, 3.63) is 70.8 Å². The molecule has 0 aromatic heterocycles. The Labute approximate surface area is 129 Å². The van der Waals surface area contributed by atoms with Gasteiger partial charge < -0.3 is 4.74 Å². The molecule has 0 atom stereocenters. The van der Waals surface area contributed by atoms with Crippen LogP contribution >= 0.6 is 0 Å². The minimum absolute atomic E-state index is 0.190. The van der Waals surface area contributed by atoms with Gasteiger partial charge in [-0.05, 0) is 39.8 Å². The molecule has 22 heavy (non-hydrogen) atoms. The van der Waals surface area contributed by atoms with Crippen molar-refractivity contribution in [3.63, 3.8) is 0 Å². The van der Waals surface area contributed by atoms with Gasteiger partial charge in [-0.15, -0.1) is 0 Å². The zero-order valence-electron chi connectivity index (χ0n) is 12.6. The Morgan fingerprint density at radius 2 is 1.86 bits per heavy atom. The first-order chi connectivity index (χ1) is 10.8. The van der Waals surface area contributed by atoms with E-state index in [1.165, 1.54) is 5.39 Å². The maximum atomic E-state index is 11.8. The minimum atomic E-state index is -0.190. The maximum Gasteiger partial charge on any atom is 0.311 e. The molecule has 0 fully saturated rings. The van der Waals surface area contributed by atoms with E-state index in [1.807, 2.05) is 43.4 Å². The van der Waals surface area contributed by atoms with Gasteiger partial charge in [0.15, 0.2) is 0 Å². The van der Waals surface area contributed by atoms with Crippen molar-refractivity contribution in [2.24, 2.45) is 0 Å². The summed E-state index contributed by atoms with van der Waals surface area (Å²) in [6.07, 6.45) is 10.9. The highest BCUT2D eigenvalue weighted by molar-refractivity contribution is 5.85. The van der Waals surface area contributed by atoms with Gasteiger partial charge in [-0.25, -0.2) is 0 Å². The van der Waals surface area contributed by atoms with E-state index in [-0.39, 0.29) is 5.97 Å². The third-order valence-electron chi connectivity index (χ3n) is 3.62. The fraction of sp³-hybridized carbons (Fsp3) is 0.150. The summed E-state index contributed by atoms with van der Waals surface area (Å²) < 4.78 is 5.47. The second kappa shape index (κ2) is 6.44. The predicted octanol–water partition coefficient (Wildman–Crippen LogP) is 3.20. The number of hydrogen-bond donors (Lipinski definition) is 0. The zero-order chi connectivity index (χ0) is 15.4. The number of ether oxygens (including phenoxy) is 1. The maximum absolute atomic E-state index is 11.8. The Bertz CT molecular complexity index is 886. The molecule has 0 saturated heterocycles. The first-order valence-electron chi connectivity index (χ1n) is 7.57. The van der Waals surface area contributed by atoms with E-state index in [1.54, 1.807) is 0 Å². The van der Waals surface area contributed by atoms with Crippen LogP contribution in [0.2, 0.25) is 0 Å². The Morgan fingerprint density at radius 1 is 1.05 bits per heavy atom. The zero-order valence-corrected chi connectivity index (χ0v) is 12.6. The summed E-state index contributed by atoms with van der Waals surface area (Å²) in [5.41, 5.74) is 0. The number of fused-ring (bicyclic) bond motifs is 3. The Morgan fingerprint density at radius 3 is 2.73 bits per heavy atom. The summed E-state index contributed by atoms with van der Waals surface area (Å²) in [6, 6.07) is 12.4. The quantitative estimate of drug-likeness (QED) is 0.811. The fourth-order valence-electron chi connectivity index (χ4n) is 2.57. The van der Waals surface area contributed by atoms with Crippen molar-refractivity contribution in [1.29, 1.82) is 0 Å². The van der Waals surface area contributed by atoms with Crippen LogP contribution in [0.15, 0.2) is 60.4 Å². The summed E-state index contributed by atoms with van der Waals surface area (Å²) >= 11 is 0. The van der Waals surface area contributed by atoms with Crippen LogP contribution in [-0.4, -0.2) is 5.97 Å². The van der Waals surface area contributed by atoms with Crippen LogP contribution < -0.4 is 10.4 Å². The van der Waals surface area contributed by atoms with Gasteiger partial charge >= 0.3 is 5.97 Å². The molecule has 1 aliphatic carbocycles. The van der Waals surface area contributed by atoms with Gasteiger partial charge in [-0.2, -0.15) is 0 Å². The summed E-state index contributed by atoms with van der Waals surface area (Å²) in [6.45, 7) is 1.97. The highest BCUT2D eigenvalue weighted by Crippen LogP contribution is 2.10.